The molecule has 0 aromatic rings. The highest BCUT2D eigenvalue weighted by molar-refractivity contribution is 7.47. The van der Waals surface area contributed by atoms with Gasteiger partial charge in [0.05, 0.1) is 26.4 Å². The topological polar surface area (TPSA) is 237 Å². The number of unbranched alkanes of at least 4 members (excludes halogenated alkanes) is 51. The number of hydrogen-bond acceptors (Lipinski definition) is 15. The molecule has 0 aromatic heterocycles. The van der Waals surface area contributed by atoms with Crippen LogP contribution >= 0.6 is 15.6 Å². The molecule has 0 aliphatic rings. The Hall–Kier alpha value is -1.94. The van der Waals surface area contributed by atoms with Crippen molar-refractivity contribution in [3.8, 4) is 0 Å². The lowest BCUT2D eigenvalue weighted by Gasteiger charge is -2.21. The number of rotatable bonds is 79. The number of phosphoric acid groups is 2. The van der Waals surface area contributed by atoms with Crippen LogP contribution in [0.15, 0.2) is 0 Å². The number of carbonyl (C=O) groups is 4. The standard InChI is InChI=1S/C79H154O17P2/c1-6-9-12-15-18-21-24-27-29-31-33-35-38-41-44-49-55-60-65-79(84)95-74(68-89-76(81)62-57-52-47-42-39-37-34-32-30-28-25-22-19-16-13-10-7-2)70-93-97(85,86)91-66-73(80)67-92-98(87,88)94-71-75(69-90-77(82)63-58-53-50-45-46-51-56-61-72(4)5)96-78(83)64-59-54-48-43-40-36-26-23-20-17-14-11-8-3/h72-75,80H,6-71H2,1-5H3,(H,85,86)(H,87,88)/t73-,74-,75-/m1/s1. The number of ether oxygens (including phenoxy) is 4. The van der Waals surface area contributed by atoms with Crippen molar-refractivity contribution in [1.29, 1.82) is 0 Å². The van der Waals surface area contributed by atoms with Crippen LogP contribution in [-0.2, 0) is 65.4 Å². The molecule has 0 aliphatic heterocycles. The molecule has 0 radical (unpaired) electrons. The van der Waals surface area contributed by atoms with E-state index in [9.17, 15) is 43.2 Å². The van der Waals surface area contributed by atoms with Gasteiger partial charge in [-0.1, -0.05) is 369 Å². The predicted octanol–water partition coefficient (Wildman–Crippen LogP) is 23.6. The molecule has 17 nitrogen and oxygen atoms in total. The van der Waals surface area contributed by atoms with Crippen molar-refractivity contribution < 1.29 is 80.2 Å². The minimum Gasteiger partial charge on any atom is -0.462 e. The first-order valence-corrected chi connectivity index (χ1v) is 44.1. The van der Waals surface area contributed by atoms with Gasteiger partial charge in [0.15, 0.2) is 12.2 Å². The zero-order valence-corrected chi connectivity index (χ0v) is 65.7. The fourth-order valence-corrected chi connectivity index (χ4v) is 13.8. The molecular weight excluding hydrogens is 1280 g/mol. The molecule has 5 atom stereocenters. The van der Waals surface area contributed by atoms with Gasteiger partial charge in [0.2, 0.25) is 0 Å². The number of aliphatic hydroxyl groups is 1. The highest BCUT2D eigenvalue weighted by atomic mass is 31.2. The summed E-state index contributed by atoms with van der Waals surface area (Å²) >= 11 is 0. The van der Waals surface area contributed by atoms with Crippen molar-refractivity contribution in [2.75, 3.05) is 39.6 Å². The Morgan fingerprint density at radius 2 is 0.469 bits per heavy atom. The van der Waals surface area contributed by atoms with Gasteiger partial charge in [-0.05, 0) is 31.6 Å². The summed E-state index contributed by atoms with van der Waals surface area (Å²) < 4.78 is 68.6. The van der Waals surface area contributed by atoms with E-state index in [-0.39, 0.29) is 25.7 Å². The SMILES string of the molecule is CCCCCCCCCCCCCCCCCCCCC(=O)O[C@H](COC(=O)CCCCCCCCCCCCCCCCCCC)COP(=O)(O)OC[C@@H](O)COP(=O)(O)OC[C@@H](COC(=O)CCCCCCCCCC(C)C)OC(=O)CCCCCCCCCCCCCCC. The number of hydrogen-bond donors (Lipinski definition) is 3. The first-order chi connectivity index (χ1) is 47.5. The molecule has 0 saturated heterocycles. The van der Waals surface area contributed by atoms with Crippen molar-refractivity contribution in [3.05, 3.63) is 0 Å². The van der Waals surface area contributed by atoms with Crippen LogP contribution in [0, 0.1) is 5.92 Å². The van der Waals surface area contributed by atoms with E-state index in [1.54, 1.807) is 0 Å². The minimum absolute atomic E-state index is 0.107. The van der Waals surface area contributed by atoms with Crippen molar-refractivity contribution >= 4 is 39.5 Å². The molecule has 2 unspecified atom stereocenters. The molecule has 98 heavy (non-hydrogen) atoms. The molecule has 0 amide bonds. The van der Waals surface area contributed by atoms with Gasteiger partial charge >= 0.3 is 39.5 Å². The first kappa shape index (κ1) is 96.1. The number of carbonyl (C=O) groups excluding carboxylic acids is 4. The number of esters is 4. The molecule has 0 rings (SSSR count). The summed E-state index contributed by atoms with van der Waals surface area (Å²) in [5, 5.41) is 10.6. The fraction of sp³-hybridized carbons (Fsp3) is 0.949. The van der Waals surface area contributed by atoms with Gasteiger partial charge < -0.3 is 33.8 Å². The number of phosphoric ester groups is 2. The van der Waals surface area contributed by atoms with Crippen LogP contribution in [-0.4, -0.2) is 96.7 Å². The lowest BCUT2D eigenvalue weighted by atomic mass is 10.0. The summed E-state index contributed by atoms with van der Waals surface area (Å²) in [4.78, 5) is 72.9. The normalized spacial score (nSPS) is 13.9. The molecule has 0 bridgehead atoms. The Morgan fingerprint density at radius 1 is 0.276 bits per heavy atom. The van der Waals surface area contributed by atoms with Crippen LogP contribution in [0.3, 0.4) is 0 Å². The lowest BCUT2D eigenvalue weighted by molar-refractivity contribution is -0.161. The number of aliphatic hydroxyl groups excluding tert-OH is 1. The molecule has 0 aromatic carbocycles. The Labute approximate surface area is 600 Å². The molecule has 19 heteroatoms. The maximum Gasteiger partial charge on any atom is 0.472 e. The third-order valence-electron chi connectivity index (χ3n) is 18.5. The van der Waals surface area contributed by atoms with E-state index in [4.69, 9.17) is 37.0 Å². The van der Waals surface area contributed by atoms with Gasteiger partial charge in [0, 0.05) is 25.7 Å². The van der Waals surface area contributed by atoms with Crippen LogP contribution in [0.25, 0.3) is 0 Å². The third-order valence-corrected chi connectivity index (χ3v) is 20.4. The molecule has 0 aliphatic carbocycles. The third kappa shape index (κ3) is 72.4. The molecule has 0 spiro atoms. The molecular formula is C79H154O17P2. The van der Waals surface area contributed by atoms with E-state index in [0.717, 1.165) is 96.3 Å². The Kier molecular flexibility index (Phi) is 70.6. The quantitative estimate of drug-likeness (QED) is 0.0222. The summed E-state index contributed by atoms with van der Waals surface area (Å²) in [6.07, 6.45) is 62.5. The van der Waals surface area contributed by atoms with Crippen LogP contribution in [0.5, 0.6) is 0 Å². The van der Waals surface area contributed by atoms with E-state index < -0.39 is 97.5 Å². The minimum atomic E-state index is -4.96. The second-order valence-corrected chi connectivity index (χ2v) is 31.8. The van der Waals surface area contributed by atoms with Crippen molar-refractivity contribution in [1.82, 2.24) is 0 Å². The van der Waals surface area contributed by atoms with Gasteiger partial charge in [-0.15, -0.1) is 0 Å². The van der Waals surface area contributed by atoms with Gasteiger partial charge in [0.25, 0.3) is 0 Å². The average molecular weight is 1440 g/mol. The van der Waals surface area contributed by atoms with Crippen molar-refractivity contribution in [3.63, 3.8) is 0 Å². The summed E-state index contributed by atoms with van der Waals surface area (Å²) in [6, 6.07) is 0. The largest absolute Gasteiger partial charge is 0.472 e. The maximum absolute atomic E-state index is 13.1. The van der Waals surface area contributed by atoms with E-state index in [1.807, 2.05) is 0 Å². The first-order valence-electron chi connectivity index (χ1n) is 41.1. The molecule has 0 heterocycles. The molecule has 582 valence electrons. The van der Waals surface area contributed by atoms with Crippen LogP contribution in [0.2, 0.25) is 0 Å². The van der Waals surface area contributed by atoms with E-state index in [1.165, 1.54) is 238 Å². The van der Waals surface area contributed by atoms with Crippen LogP contribution < -0.4 is 0 Å². The summed E-state index contributed by atoms with van der Waals surface area (Å²) in [5.74, 6) is -1.40. The lowest BCUT2D eigenvalue weighted by Crippen LogP contribution is -2.30. The summed E-state index contributed by atoms with van der Waals surface area (Å²) in [5.41, 5.74) is 0. The highest BCUT2D eigenvalue weighted by Gasteiger charge is 2.30. The molecule has 3 N–H and O–H groups in total. The Balaban J connectivity index is 5.23. The summed E-state index contributed by atoms with van der Waals surface area (Å²) in [7, 11) is -9.91. The van der Waals surface area contributed by atoms with E-state index >= 15 is 0 Å². The van der Waals surface area contributed by atoms with E-state index in [0.29, 0.717) is 31.6 Å². The van der Waals surface area contributed by atoms with Crippen molar-refractivity contribution in [2.24, 2.45) is 5.92 Å². The predicted molar refractivity (Wildman–Crippen MR) is 400 cm³/mol. The Bertz CT molecular complexity index is 1870. The highest BCUT2D eigenvalue weighted by Crippen LogP contribution is 2.45. The maximum atomic E-state index is 13.1. The van der Waals surface area contributed by atoms with Crippen molar-refractivity contribution in [2.45, 2.75) is 438 Å². The van der Waals surface area contributed by atoms with Crippen LogP contribution in [0.4, 0.5) is 0 Å². The van der Waals surface area contributed by atoms with Gasteiger partial charge in [-0.25, -0.2) is 9.13 Å². The zero-order chi connectivity index (χ0) is 71.9. The second-order valence-electron chi connectivity index (χ2n) is 28.9. The van der Waals surface area contributed by atoms with E-state index in [2.05, 4.69) is 34.6 Å². The van der Waals surface area contributed by atoms with Gasteiger partial charge in [0.1, 0.15) is 19.3 Å². The Morgan fingerprint density at radius 3 is 0.694 bits per heavy atom. The second kappa shape index (κ2) is 72.0. The zero-order valence-electron chi connectivity index (χ0n) is 63.9. The monoisotopic (exact) mass is 1440 g/mol. The summed E-state index contributed by atoms with van der Waals surface area (Å²) in [6.45, 7) is 7.27. The average Bonchev–Trinajstić information content (AvgIpc) is 1.89. The fourth-order valence-electron chi connectivity index (χ4n) is 12.2. The smallest absolute Gasteiger partial charge is 0.462 e. The van der Waals surface area contributed by atoms with Gasteiger partial charge in [-0.2, -0.15) is 0 Å². The molecule has 0 saturated carbocycles. The molecule has 0 fully saturated rings. The van der Waals surface area contributed by atoms with Gasteiger partial charge in [-0.3, -0.25) is 37.3 Å². The van der Waals surface area contributed by atoms with Crippen LogP contribution in [0.1, 0.15) is 420 Å².